The van der Waals surface area contributed by atoms with Gasteiger partial charge in [0.1, 0.15) is 5.82 Å². The van der Waals surface area contributed by atoms with Crippen molar-refractivity contribution in [2.75, 3.05) is 13.6 Å². The summed E-state index contributed by atoms with van der Waals surface area (Å²) in [6, 6.07) is 12.7. The van der Waals surface area contributed by atoms with Crippen LogP contribution in [0.15, 0.2) is 53.4 Å². The van der Waals surface area contributed by atoms with Crippen LogP contribution in [0, 0.1) is 5.82 Å². The molecule has 0 radical (unpaired) electrons. The first kappa shape index (κ1) is 19.8. The van der Waals surface area contributed by atoms with Crippen LogP contribution in [0.5, 0.6) is 0 Å². The maximum Gasteiger partial charge on any atom is 0.293 e. The fourth-order valence-corrected chi connectivity index (χ4v) is 3.57. The molecule has 1 aliphatic heterocycles. The van der Waals surface area contributed by atoms with Crippen molar-refractivity contribution in [3.05, 3.63) is 75.9 Å². The first-order chi connectivity index (χ1) is 13.4. The van der Waals surface area contributed by atoms with Crippen molar-refractivity contribution in [1.29, 1.82) is 0 Å². The van der Waals surface area contributed by atoms with Crippen LogP contribution in [0.2, 0.25) is 0 Å². The third-order valence-corrected chi connectivity index (χ3v) is 5.26. The number of carbonyl (C=O) groups is 3. The molecule has 0 saturated carbocycles. The molecule has 7 heteroatoms. The number of amides is 3. The van der Waals surface area contributed by atoms with Crippen molar-refractivity contribution in [3.63, 3.8) is 0 Å². The Hall–Kier alpha value is -2.93. The summed E-state index contributed by atoms with van der Waals surface area (Å²) >= 11 is 0.835. The predicted octanol–water partition coefficient (Wildman–Crippen LogP) is 4.15. The summed E-state index contributed by atoms with van der Waals surface area (Å²) in [7, 11) is 1.72. The summed E-state index contributed by atoms with van der Waals surface area (Å²) in [4.78, 5) is 40.1. The molecule has 1 aliphatic rings. The largest absolute Gasteiger partial charge is 0.342 e. The van der Waals surface area contributed by atoms with Gasteiger partial charge < -0.3 is 4.90 Å². The minimum atomic E-state index is -0.429. The second-order valence-electron chi connectivity index (χ2n) is 6.34. The number of hydrogen-bond acceptors (Lipinski definition) is 4. The van der Waals surface area contributed by atoms with Crippen molar-refractivity contribution in [1.82, 2.24) is 9.80 Å². The van der Waals surface area contributed by atoms with Crippen molar-refractivity contribution in [2.45, 2.75) is 13.5 Å². The van der Waals surface area contributed by atoms with Gasteiger partial charge in [-0.05, 0) is 60.2 Å². The minimum absolute atomic E-state index is 0.0135. The second kappa shape index (κ2) is 8.39. The molecule has 2 aromatic rings. The number of carbonyl (C=O) groups excluding carboxylic acids is 3. The van der Waals surface area contributed by atoms with E-state index in [0.29, 0.717) is 23.2 Å². The Bertz CT molecular complexity index is 974. The maximum absolute atomic E-state index is 13.3. The van der Waals surface area contributed by atoms with Gasteiger partial charge in [-0.3, -0.25) is 19.3 Å². The Labute approximate surface area is 166 Å². The summed E-state index contributed by atoms with van der Waals surface area (Å²) in [5, 5.41) is -0.404. The van der Waals surface area contributed by atoms with Gasteiger partial charge in [-0.1, -0.05) is 24.3 Å². The Balaban J connectivity index is 1.81. The van der Waals surface area contributed by atoms with E-state index in [2.05, 4.69) is 0 Å². The van der Waals surface area contributed by atoms with Crippen LogP contribution in [0.4, 0.5) is 9.18 Å². The van der Waals surface area contributed by atoms with Crippen LogP contribution < -0.4 is 0 Å². The third kappa shape index (κ3) is 4.31. The van der Waals surface area contributed by atoms with Gasteiger partial charge >= 0.3 is 0 Å². The maximum atomic E-state index is 13.3. The number of rotatable bonds is 5. The number of hydrogen-bond donors (Lipinski definition) is 0. The lowest BCUT2D eigenvalue weighted by Gasteiger charge is -2.14. The molecule has 1 fully saturated rings. The molecule has 1 saturated heterocycles. The van der Waals surface area contributed by atoms with Crippen LogP contribution in [-0.4, -0.2) is 40.4 Å². The molecule has 5 nitrogen and oxygen atoms in total. The lowest BCUT2D eigenvalue weighted by molar-refractivity contribution is -0.123. The second-order valence-corrected chi connectivity index (χ2v) is 7.34. The molecule has 0 unspecified atom stereocenters. The van der Waals surface area contributed by atoms with Crippen LogP contribution in [-0.2, 0) is 11.3 Å². The van der Waals surface area contributed by atoms with Gasteiger partial charge in [0, 0.05) is 19.2 Å². The third-order valence-electron chi connectivity index (χ3n) is 4.36. The lowest BCUT2D eigenvalue weighted by Crippen LogP contribution is -2.27. The molecule has 144 valence electrons. The molecule has 0 aromatic heterocycles. The lowest BCUT2D eigenvalue weighted by atomic mass is 10.1. The standard InChI is InChI=1S/C21H19FN2O3S/c1-3-23(2)19(25)16-8-4-6-14(10-16)12-18-20(26)24(21(27)28-18)13-15-7-5-9-17(22)11-15/h4-12H,3,13H2,1-2H3. The molecule has 3 rings (SSSR count). The van der Waals surface area contributed by atoms with Gasteiger partial charge in [-0.2, -0.15) is 0 Å². The molecule has 0 spiro atoms. The molecule has 3 amide bonds. The van der Waals surface area contributed by atoms with Crippen LogP contribution in [0.1, 0.15) is 28.4 Å². The Morgan fingerprint density at radius 3 is 2.64 bits per heavy atom. The van der Waals surface area contributed by atoms with Crippen molar-refractivity contribution in [3.8, 4) is 0 Å². The highest BCUT2D eigenvalue weighted by Gasteiger charge is 2.35. The summed E-state index contributed by atoms with van der Waals surface area (Å²) in [5.74, 6) is -0.961. The molecule has 0 aliphatic carbocycles. The van der Waals surface area contributed by atoms with E-state index in [1.54, 1.807) is 48.4 Å². The van der Waals surface area contributed by atoms with Gasteiger partial charge in [0.15, 0.2) is 0 Å². The number of halogens is 1. The highest BCUT2D eigenvalue weighted by molar-refractivity contribution is 8.18. The summed E-state index contributed by atoms with van der Waals surface area (Å²) in [6.07, 6.45) is 1.60. The average Bonchev–Trinajstić information content (AvgIpc) is 2.94. The van der Waals surface area contributed by atoms with Crippen LogP contribution >= 0.6 is 11.8 Å². The van der Waals surface area contributed by atoms with E-state index in [9.17, 15) is 18.8 Å². The van der Waals surface area contributed by atoms with Crippen molar-refractivity contribution >= 4 is 34.9 Å². The zero-order chi connectivity index (χ0) is 20.3. The number of thioether (sulfide) groups is 1. The first-order valence-corrected chi connectivity index (χ1v) is 9.56. The SMILES string of the molecule is CCN(C)C(=O)c1cccc(C=C2SC(=O)N(Cc3cccc(F)c3)C2=O)c1. The number of benzene rings is 2. The van der Waals surface area contributed by atoms with Crippen LogP contribution in [0.3, 0.4) is 0 Å². The molecule has 28 heavy (non-hydrogen) atoms. The fraction of sp³-hybridized carbons (Fsp3) is 0.190. The molecule has 0 bridgehead atoms. The van der Waals surface area contributed by atoms with Crippen molar-refractivity contribution in [2.24, 2.45) is 0 Å². The zero-order valence-corrected chi connectivity index (χ0v) is 16.3. The molecule has 1 heterocycles. The van der Waals surface area contributed by atoms with Crippen molar-refractivity contribution < 1.29 is 18.8 Å². The average molecular weight is 398 g/mol. The van der Waals surface area contributed by atoms with E-state index in [1.807, 2.05) is 6.92 Å². The van der Waals surface area contributed by atoms with Gasteiger partial charge in [-0.25, -0.2) is 4.39 Å². The molecular weight excluding hydrogens is 379 g/mol. The molecule has 0 N–H and O–H groups in total. The zero-order valence-electron chi connectivity index (χ0n) is 15.5. The van der Waals surface area contributed by atoms with Crippen LogP contribution in [0.25, 0.3) is 6.08 Å². The van der Waals surface area contributed by atoms with Gasteiger partial charge in [0.25, 0.3) is 17.1 Å². The molecule has 2 aromatic carbocycles. The summed E-state index contributed by atoms with van der Waals surface area (Å²) < 4.78 is 13.3. The van der Waals surface area contributed by atoms with Gasteiger partial charge in [-0.15, -0.1) is 0 Å². The fourth-order valence-electron chi connectivity index (χ4n) is 2.73. The van der Waals surface area contributed by atoms with E-state index in [4.69, 9.17) is 0 Å². The van der Waals surface area contributed by atoms with Gasteiger partial charge in [0.2, 0.25) is 0 Å². The van der Waals surface area contributed by atoms with E-state index < -0.39 is 17.0 Å². The summed E-state index contributed by atoms with van der Waals surface area (Å²) in [5.41, 5.74) is 1.71. The highest BCUT2D eigenvalue weighted by atomic mass is 32.2. The predicted molar refractivity (Wildman–Crippen MR) is 107 cm³/mol. The van der Waals surface area contributed by atoms with E-state index >= 15 is 0 Å². The Morgan fingerprint density at radius 1 is 1.18 bits per heavy atom. The Morgan fingerprint density at radius 2 is 1.93 bits per heavy atom. The molecular formula is C21H19FN2O3S. The Kier molecular flexibility index (Phi) is 5.94. The monoisotopic (exact) mass is 398 g/mol. The van der Waals surface area contributed by atoms with E-state index in [0.717, 1.165) is 16.7 Å². The number of nitrogens with zero attached hydrogens (tertiary/aromatic N) is 2. The van der Waals surface area contributed by atoms with E-state index in [1.165, 1.54) is 18.2 Å². The topological polar surface area (TPSA) is 57.7 Å². The molecule has 0 atom stereocenters. The minimum Gasteiger partial charge on any atom is -0.342 e. The number of imide groups is 1. The highest BCUT2D eigenvalue weighted by Crippen LogP contribution is 2.33. The van der Waals surface area contributed by atoms with E-state index in [-0.39, 0.29) is 17.4 Å². The first-order valence-electron chi connectivity index (χ1n) is 8.74. The summed E-state index contributed by atoms with van der Waals surface area (Å²) in [6.45, 7) is 2.48. The normalized spacial score (nSPS) is 15.4. The quantitative estimate of drug-likeness (QED) is 0.710. The van der Waals surface area contributed by atoms with Gasteiger partial charge in [0.05, 0.1) is 11.4 Å². The smallest absolute Gasteiger partial charge is 0.293 e.